The van der Waals surface area contributed by atoms with E-state index in [1.807, 2.05) is 83.8 Å². The molecule has 30 heavy (non-hydrogen) atoms. The van der Waals surface area contributed by atoms with Crippen LogP contribution < -0.4 is 4.90 Å². The molecule has 0 N–H and O–H groups in total. The standard InChI is InChI=1S/C25H20N2O2S/c28-22(27-16-15-18-9-7-8-14-21(18)27)17-30-25-26-23(19-10-3-1-4-11-19)24(29-25)20-12-5-2-6-13-20/h1-14H,15-17H2. The third-order valence-corrected chi connectivity index (χ3v) is 6.01. The Morgan fingerprint density at radius 2 is 1.57 bits per heavy atom. The van der Waals surface area contributed by atoms with Gasteiger partial charge in [0.15, 0.2) is 5.76 Å². The molecule has 148 valence electrons. The Balaban J connectivity index is 1.39. The molecule has 2 heterocycles. The van der Waals surface area contributed by atoms with Crippen LogP contribution in [0.25, 0.3) is 22.6 Å². The summed E-state index contributed by atoms with van der Waals surface area (Å²) < 4.78 is 6.12. The first kappa shape index (κ1) is 18.7. The number of amides is 1. The summed E-state index contributed by atoms with van der Waals surface area (Å²) in [7, 11) is 0. The molecule has 4 aromatic rings. The Morgan fingerprint density at radius 1 is 0.900 bits per heavy atom. The Morgan fingerprint density at radius 3 is 2.33 bits per heavy atom. The van der Waals surface area contributed by atoms with E-state index in [9.17, 15) is 4.79 Å². The molecule has 3 aromatic carbocycles. The van der Waals surface area contributed by atoms with Gasteiger partial charge in [0.25, 0.3) is 5.22 Å². The molecule has 1 amide bonds. The summed E-state index contributed by atoms with van der Waals surface area (Å²) in [5, 5.41) is 0.508. The van der Waals surface area contributed by atoms with Crippen LogP contribution in [0.1, 0.15) is 5.56 Å². The fourth-order valence-electron chi connectivity index (χ4n) is 3.74. The van der Waals surface area contributed by atoms with Crippen molar-refractivity contribution in [3.05, 3.63) is 90.5 Å². The third-order valence-electron chi connectivity index (χ3n) is 5.20. The van der Waals surface area contributed by atoms with Gasteiger partial charge in [-0.25, -0.2) is 4.98 Å². The van der Waals surface area contributed by atoms with E-state index >= 15 is 0 Å². The SMILES string of the molecule is O=C(CSc1nc(-c2ccccc2)c(-c2ccccc2)o1)N1CCc2ccccc21. The second-order valence-corrected chi connectivity index (χ2v) is 8.03. The number of para-hydroxylation sites is 1. The zero-order valence-electron chi connectivity index (χ0n) is 16.3. The molecular weight excluding hydrogens is 392 g/mol. The molecule has 0 aliphatic carbocycles. The van der Waals surface area contributed by atoms with Gasteiger partial charge in [-0.3, -0.25) is 4.79 Å². The van der Waals surface area contributed by atoms with Gasteiger partial charge in [-0.2, -0.15) is 0 Å². The second-order valence-electron chi connectivity index (χ2n) is 7.10. The number of rotatable bonds is 5. The van der Waals surface area contributed by atoms with Crippen LogP contribution in [0, 0.1) is 0 Å². The van der Waals surface area contributed by atoms with Crippen molar-refractivity contribution >= 4 is 23.4 Å². The van der Waals surface area contributed by atoms with Crippen LogP contribution in [-0.4, -0.2) is 23.2 Å². The van der Waals surface area contributed by atoms with Crippen molar-refractivity contribution in [3.63, 3.8) is 0 Å². The van der Waals surface area contributed by atoms with Crippen molar-refractivity contribution in [1.29, 1.82) is 0 Å². The first-order valence-corrected chi connectivity index (χ1v) is 10.9. The summed E-state index contributed by atoms with van der Waals surface area (Å²) in [6, 6.07) is 28.0. The minimum Gasteiger partial charge on any atom is -0.431 e. The lowest BCUT2D eigenvalue weighted by atomic mass is 10.1. The molecule has 0 bridgehead atoms. The highest BCUT2D eigenvalue weighted by Crippen LogP contribution is 2.36. The number of hydrogen-bond acceptors (Lipinski definition) is 4. The lowest BCUT2D eigenvalue weighted by Crippen LogP contribution is -2.30. The van der Waals surface area contributed by atoms with Crippen molar-refractivity contribution in [3.8, 4) is 22.6 Å². The van der Waals surface area contributed by atoms with E-state index in [0.29, 0.717) is 5.22 Å². The molecule has 0 saturated carbocycles. The van der Waals surface area contributed by atoms with Gasteiger partial charge >= 0.3 is 0 Å². The second kappa shape index (κ2) is 8.20. The van der Waals surface area contributed by atoms with Crippen LogP contribution in [0.5, 0.6) is 0 Å². The average Bonchev–Trinajstić information content (AvgIpc) is 3.43. The average molecular weight is 413 g/mol. The number of fused-ring (bicyclic) bond motifs is 1. The lowest BCUT2D eigenvalue weighted by Gasteiger charge is -2.16. The van der Waals surface area contributed by atoms with Gasteiger partial charge in [0.1, 0.15) is 5.69 Å². The maximum absolute atomic E-state index is 12.8. The lowest BCUT2D eigenvalue weighted by molar-refractivity contribution is -0.116. The first-order chi connectivity index (χ1) is 14.8. The molecule has 1 aromatic heterocycles. The zero-order chi connectivity index (χ0) is 20.3. The fraction of sp³-hybridized carbons (Fsp3) is 0.120. The Bertz CT molecular complexity index is 1120. The quantitative estimate of drug-likeness (QED) is 0.395. The van der Waals surface area contributed by atoms with E-state index in [0.717, 1.165) is 41.2 Å². The molecule has 5 rings (SSSR count). The van der Waals surface area contributed by atoms with E-state index in [2.05, 4.69) is 6.07 Å². The maximum Gasteiger partial charge on any atom is 0.257 e. The number of carbonyl (C=O) groups is 1. The number of carbonyl (C=O) groups excluding carboxylic acids is 1. The summed E-state index contributed by atoms with van der Waals surface area (Å²) >= 11 is 1.35. The Kier molecular flexibility index (Phi) is 5.11. The summed E-state index contributed by atoms with van der Waals surface area (Å²) in [6.07, 6.45) is 0.905. The third kappa shape index (κ3) is 3.64. The smallest absolute Gasteiger partial charge is 0.257 e. The molecule has 0 fully saturated rings. The number of oxazole rings is 1. The van der Waals surface area contributed by atoms with Gasteiger partial charge < -0.3 is 9.32 Å². The molecule has 4 nitrogen and oxygen atoms in total. The number of aromatic nitrogens is 1. The van der Waals surface area contributed by atoms with Crippen LogP contribution in [0.15, 0.2) is 94.6 Å². The van der Waals surface area contributed by atoms with Crippen molar-refractivity contribution in [1.82, 2.24) is 4.98 Å². The van der Waals surface area contributed by atoms with Crippen LogP contribution in [0.2, 0.25) is 0 Å². The normalized spacial score (nSPS) is 12.7. The molecule has 1 aliphatic heterocycles. The van der Waals surface area contributed by atoms with E-state index in [-0.39, 0.29) is 11.7 Å². The number of thioether (sulfide) groups is 1. The highest BCUT2D eigenvalue weighted by Gasteiger charge is 2.25. The van der Waals surface area contributed by atoms with E-state index < -0.39 is 0 Å². The first-order valence-electron chi connectivity index (χ1n) is 9.92. The van der Waals surface area contributed by atoms with Crippen molar-refractivity contribution in [2.75, 3.05) is 17.2 Å². The summed E-state index contributed by atoms with van der Waals surface area (Å²) in [5.74, 6) is 1.09. The summed E-state index contributed by atoms with van der Waals surface area (Å²) in [4.78, 5) is 19.4. The van der Waals surface area contributed by atoms with Crippen LogP contribution in [0.3, 0.4) is 0 Å². The van der Waals surface area contributed by atoms with Crippen LogP contribution >= 0.6 is 11.8 Å². The largest absolute Gasteiger partial charge is 0.431 e. The number of anilines is 1. The van der Waals surface area contributed by atoms with E-state index in [1.165, 1.54) is 17.3 Å². The predicted molar refractivity (Wildman–Crippen MR) is 121 cm³/mol. The predicted octanol–water partition coefficient (Wildman–Crippen LogP) is 5.69. The maximum atomic E-state index is 12.8. The monoisotopic (exact) mass is 412 g/mol. The van der Waals surface area contributed by atoms with E-state index in [1.54, 1.807) is 0 Å². The van der Waals surface area contributed by atoms with Gasteiger partial charge in [0.05, 0.1) is 5.75 Å². The van der Waals surface area contributed by atoms with Gasteiger partial charge in [-0.15, -0.1) is 0 Å². The van der Waals surface area contributed by atoms with Crippen LogP contribution in [-0.2, 0) is 11.2 Å². The molecule has 0 atom stereocenters. The topological polar surface area (TPSA) is 46.3 Å². The van der Waals surface area contributed by atoms with Gasteiger partial charge in [-0.05, 0) is 18.1 Å². The highest BCUT2D eigenvalue weighted by molar-refractivity contribution is 7.99. The fourth-order valence-corrected chi connectivity index (χ4v) is 4.44. The minimum absolute atomic E-state index is 0.0747. The Hall–Kier alpha value is -3.31. The summed E-state index contributed by atoms with van der Waals surface area (Å²) in [5.41, 5.74) is 5.00. The van der Waals surface area contributed by atoms with Crippen molar-refractivity contribution < 1.29 is 9.21 Å². The molecule has 0 spiro atoms. The summed E-state index contributed by atoms with van der Waals surface area (Å²) in [6.45, 7) is 0.731. The minimum atomic E-state index is 0.0747. The molecule has 0 radical (unpaired) electrons. The van der Waals surface area contributed by atoms with Gasteiger partial charge in [0, 0.05) is 23.4 Å². The van der Waals surface area contributed by atoms with Gasteiger partial charge in [0.2, 0.25) is 5.91 Å². The highest BCUT2D eigenvalue weighted by atomic mass is 32.2. The molecule has 5 heteroatoms. The van der Waals surface area contributed by atoms with Gasteiger partial charge in [-0.1, -0.05) is 90.6 Å². The number of hydrogen-bond donors (Lipinski definition) is 0. The molecule has 0 unspecified atom stereocenters. The van der Waals surface area contributed by atoms with Crippen LogP contribution in [0.4, 0.5) is 5.69 Å². The molecule has 0 saturated heterocycles. The zero-order valence-corrected chi connectivity index (χ0v) is 17.1. The molecule has 1 aliphatic rings. The van der Waals surface area contributed by atoms with Crippen molar-refractivity contribution in [2.24, 2.45) is 0 Å². The Labute approximate surface area is 179 Å². The molecular formula is C25H20N2O2S. The number of nitrogens with zero attached hydrogens (tertiary/aromatic N) is 2. The van der Waals surface area contributed by atoms with E-state index in [4.69, 9.17) is 9.40 Å². The number of benzene rings is 3. The van der Waals surface area contributed by atoms with Crippen molar-refractivity contribution in [2.45, 2.75) is 11.6 Å².